The molecule has 1 aliphatic carbocycles. The average molecular weight is 355 g/mol. The second-order valence-electron chi connectivity index (χ2n) is 5.84. The quantitative estimate of drug-likeness (QED) is 0.751. The van der Waals surface area contributed by atoms with E-state index < -0.39 is 0 Å². The zero-order chi connectivity index (χ0) is 14.8. The molecule has 0 spiro atoms. The van der Waals surface area contributed by atoms with Gasteiger partial charge in [-0.2, -0.15) is 0 Å². The Morgan fingerprint density at radius 1 is 1.24 bits per heavy atom. The Hall–Kier alpha value is -0.740. The fraction of sp³-hybridized carbons (Fsp3) is 0.647. The van der Waals surface area contributed by atoms with Crippen LogP contribution < -0.4 is 9.47 Å². The molecule has 1 aromatic carbocycles. The summed E-state index contributed by atoms with van der Waals surface area (Å²) in [6.45, 7) is 0.790. The van der Waals surface area contributed by atoms with Crippen LogP contribution in [0.25, 0.3) is 0 Å². The molecule has 3 nitrogen and oxygen atoms in total. The van der Waals surface area contributed by atoms with Crippen molar-refractivity contribution < 1.29 is 14.2 Å². The molecule has 0 amide bonds. The van der Waals surface area contributed by atoms with Gasteiger partial charge in [-0.25, -0.2) is 0 Å². The highest BCUT2D eigenvalue weighted by Crippen LogP contribution is 2.47. The number of halogens is 1. The summed E-state index contributed by atoms with van der Waals surface area (Å²) in [6, 6.07) is 2.21. The molecule has 116 valence electrons. The van der Waals surface area contributed by atoms with Crippen molar-refractivity contribution in [1.82, 2.24) is 0 Å². The maximum atomic E-state index is 5.93. The highest BCUT2D eigenvalue weighted by atomic mass is 79.9. The second-order valence-corrected chi connectivity index (χ2v) is 6.49. The van der Waals surface area contributed by atoms with E-state index in [2.05, 4.69) is 22.0 Å². The Morgan fingerprint density at radius 2 is 2.00 bits per heavy atom. The number of hydrogen-bond acceptors (Lipinski definition) is 3. The number of alkyl halides is 1. The summed E-state index contributed by atoms with van der Waals surface area (Å²) >= 11 is 3.58. The Labute approximate surface area is 135 Å². The van der Waals surface area contributed by atoms with Crippen LogP contribution in [-0.2, 0) is 11.2 Å². The highest BCUT2D eigenvalue weighted by molar-refractivity contribution is 9.09. The van der Waals surface area contributed by atoms with Crippen molar-refractivity contribution in [1.29, 1.82) is 0 Å². The summed E-state index contributed by atoms with van der Waals surface area (Å²) in [5.41, 5.74) is 4.10. The lowest BCUT2D eigenvalue weighted by Gasteiger charge is -2.31. The first kappa shape index (κ1) is 15.2. The number of benzene rings is 1. The zero-order valence-electron chi connectivity index (χ0n) is 12.8. The summed E-state index contributed by atoms with van der Waals surface area (Å²) in [6.07, 6.45) is 6.30. The van der Waals surface area contributed by atoms with Crippen molar-refractivity contribution in [2.24, 2.45) is 0 Å². The molecule has 0 aromatic heterocycles. The maximum absolute atomic E-state index is 5.93. The molecule has 4 heteroatoms. The third-order valence-corrected chi connectivity index (χ3v) is 5.37. The molecule has 1 aromatic rings. The molecular weight excluding hydrogens is 332 g/mol. The monoisotopic (exact) mass is 354 g/mol. The number of hydrogen-bond donors (Lipinski definition) is 0. The predicted octanol–water partition coefficient (Wildman–Crippen LogP) is 4.37. The molecule has 1 unspecified atom stereocenters. The summed E-state index contributed by atoms with van der Waals surface area (Å²) in [5, 5.41) is 0.785. The van der Waals surface area contributed by atoms with Crippen LogP contribution >= 0.6 is 15.9 Å². The third-order valence-electron chi connectivity index (χ3n) is 4.78. The van der Waals surface area contributed by atoms with E-state index in [1.807, 2.05) is 0 Å². The SMILES string of the molecule is COc1cc(C2CCCC2)c2c(c1OC)C(CBr)OCC2. The minimum atomic E-state index is 0.0546. The van der Waals surface area contributed by atoms with Crippen LogP contribution in [0, 0.1) is 0 Å². The first-order chi connectivity index (χ1) is 10.3. The van der Waals surface area contributed by atoms with Crippen molar-refractivity contribution in [3.63, 3.8) is 0 Å². The molecule has 1 atom stereocenters. The molecular formula is C17H23BrO3. The second kappa shape index (κ2) is 6.57. The van der Waals surface area contributed by atoms with E-state index in [0.717, 1.165) is 29.9 Å². The van der Waals surface area contributed by atoms with Gasteiger partial charge in [0, 0.05) is 10.9 Å². The molecule has 1 heterocycles. The van der Waals surface area contributed by atoms with Gasteiger partial charge in [0.1, 0.15) is 0 Å². The number of ether oxygens (including phenoxy) is 3. The molecule has 21 heavy (non-hydrogen) atoms. The molecule has 0 saturated heterocycles. The van der Waals surface area contributed by atoms with Crippen LogP contribution in [0.15, 0.2) is 6.07 Å². The smallest absolute Gasteiger partial charge is 0.166 e. The first-order valence-electron chi connectivity index (χ1n) is 7.75. The minimum Gasteiger partial charge on any atom is -0.493 e. The molecule has 3 rings (SSSR count). The standard InChI is InChI=1S/C17H23BrO3/c1-19-14-9-13(11-5-3-4-6-11)12-7-8-21-15(10-18)16(12)17(14)20-2/h9,11,15H,3-8,10H2,1-2H3. The van der Waals surface area contributed by atoms with Gasteiger partial charge in [-0.3, -0.25) is 0 Å². The van der Waals surface area contributed by atoms with Gasteiger partial charge in [0.2, 0.25) is 0 Å². The van der Waals surface area contributed by atoms with Gasteiger partial charge < -0.3 is 14.2 Å². The van der Waals surface area contributed by atoms with Crippen LogP contribution in [0.1, 0.15) is 54.4 Å². The van der Waals surface area contributed by atoms with Crippen molar-refractivity contribution in [3.05, 3.63) is 22.8 Å². The van der Waals surface area contributed by atoms with E-state index in [1.165, 1.54) is 42.4 Å². The molecule has 1 saturated carbocycles. The topological polar surface area (TPSA) is 27.7 Å². The van der Waals surface area contributed by atoms with E-state index >= 15 is 0 Å². The number of rotatable bonds is 4. The van der Waals surface area contributed by atoms with Gasteiger partial charge in [0.05, 0.1) is 26.9 Å². The number of methoxy groups -OCH3 is 2. The molecule has 1 aliphatic heterocycles. The Kier molecular flexibility index (Phi) is 4.75. The van der Waals surface area contributed by atoms with Crippen molar-refractivity contribution in [2.45, 2.75) is 44.1 Å². The average Bonchev–Trinajstić information content (AvgIpc) is 3.06. The molecule has 2 aliphatic rings. The number of fused-ring (bicyclic) bond motifs is 1. The largest absolute Gasteiger partial charge is 0.493 e. The molecule has 0 N–H and O–H groups in total. The van der Waals surface area contributed by atoms with Crippen LogP contribution in [0.4, 0.5) is 0 Å². The molecule has 0 radical (unpaired) electrons. The highest BCUT2D eigenvalue weighted by Gasteiger charge is 2.32. The van der Waals surface area contributed by atoms with Crippen molar-refractivity contribution in [2.75, 3.05) is 26.2 Å². The summed E-state index contributed by atoms with van der Waals surface area (Å²) in [4.78, 5) is 0. The van der Waals surface area contributed by atoms with Crippen LogP contribution in [0.5, 0.6) is 11.5 Å². The van der Waals surface area contributed by atoms with Crippen molar-refractivity contribution in [3.8, 4) is 11.5 Å². The summed E-state index contributed by atoms with van der Waals surface area (Å²) < 4.78 is 17.2. The van der Waals surface area contributed by atoms with Gasteiger partial charge in [-0.1, -0.05) is 28.8 Å². The van der Waals surface area contributed by atoms with Gasteiger partial charge in [0.15, 0.2) is 11.5 Å². The van der Waals surface area contributed by atoms with Gasteiger partial charge >= 0.3 is 0 Å². The van der Waals surface area contributed by atoms with Crippen molar-refractivity contribution >= 4 is 15.9 Å². The van der Waals surface area contributed by atoms with Crippen LogP contribution in [0.2, 0.25) is 0 Å². The van der Waals surface area contributed by atoms with E-state index in [-0.39, 0.29) is 6.10 Å². The lowest BCUT2D eigenvalue weighted by molar-refractivity contribution is 0.0567. The van der Waals surface area contributed by atoms with E-state index in [1.54, 1.807) is 14.2 Å². The van der Waals surface area contributed by atoms with Gasteiger partial charge in [-0.05, 0) is 42.4 Å². The van der Waals surface area contributed by atoms with Crippen LogP contribution in [-0.4, -0.2) is 26.2 Å². The molecule has 1 fully saturated rings. The summed E-state index contributed by atoms with van der Waals surface area (Å²) in [5.74, 6) is 2.36. The Bertz CT molecular complexity index is 509. The first-order valence-corrected chi connectivity index (χ1v) is 8.87. The third kappa shape index (κ3) is 2.68. The Morgan fingerprint density at radius 3 is 2.62 bits per heavy atom. The normalized spacial score (nSPS) is 22.1. The fourth-order valence-electron chi connectivity index (χ4n) is 3.81. The van der Waals surface area contributed by atoms with Crippen LogP contribution in [0.3, 0.4) is 0 Å². The van der Waals surface area contributed by atoms with E-state index in [0.29, 0.717) is 5.92 Å². The van der Waals surface area contributed by atoms with E-state index in [4.69, 9.17) is 14.2 Å². The van der Waals surface area contributed by atoms with E-state index in [9.17, 15) is 0 Å². The lowest BCUT2D eigenvalue weighted by atomic mass is 9.85. The summed E-state index contributed by atoms with van der Waals surface area (Å²) in [7, 11) is 3.43. The fourth-order valence-corrected chi connectivity index (χ4v) is 4.32. The zero-order valence-corrected chi connectivity index (χ0v) is 14.4. The van der Waals surface area contributed by atoms with Gasteiger partial charge in [0.25, 0.3) is 0 Å². The predicted molar refractivity (Wildman–Crippen MR) is 86.9 cm³/mol. The maximum Gasteiger partial charge on any atom is 0.166 e. The van der Waals surface area contributed by atoms with Gasteiger partial charge in [-0.15, -0.1) is 0 Å². The molecule has 0 bridgehead atoms. The lowest BCUT2D eigenvalue weighted by Crippen LogP contribution is -2.21. The Balaban J connectivity index is 2.17. The minimum absolute atomic E-state index is 0.0546.